The second kappa shape index (κ2) is 12.0. The molecule has 0 heterocycles. The van der Waals surface area contributed by atoms with Crippen molar-refractivity contribution in [3.63, 3.8) is 0 Å². The molecule has 8 heteroatoms. The third-order valence-electron chi connectivity index (χ3n) is 7.40. The second-order valence-electron chi connectivity index (χ2n) is 11.4. The first kappa shape index (κ1) is 29.2. The van der Waals surface area contributed by atoms with Crippen LogP contribution in [0.15, 0.2) is 35.9 Å². The van der Waals surface area contributed by atoms with Crippen LogP contribution in [0.5, 0.6) is 0 Å². The summed E-state index contributed by atoms with van der Waals surface area (Å²) in [7, 11) is 1.94. The number of carbonyl (C=O) groups is 2. The van der Waals surface area contributed by atoms with E-state index in [9.17, 15) is 22.8 Å². The van der Waals surface area contributed by atoms with Crippen molar-refractivity contribution in [2.45, 2.75) is 103 Å². The average molecular weight is 523 g/mol. The van der Waals surface area contributed by atoms with Gasteiger partial charge in [-0.3, -0.25) is 9.59 Å². The van der Waals surface area contributed by atoms with Crippen LogP contribution >= 0.6 is 0 Å². The molecule has 0 N–H and O–H groups in total. The van der Waals surface area contributed by atoms with Gasteiger partial charge in [0.2, 0.25) is 0 Å². The maximum Gasteiger partial charge on any atom is 0.471 e. The lowest BCUT2D eigenvalue weighted by atomic mass is 9.88. The molecule has 0 aliphatic heterocycles. The fourth-order valence-corrected chi connectivity index (χ4v) is 5.48. The van der Waals surface area contributed by atoms with Gasteiger partial charge in [-0.15, -0.1) is 0 Å². The fourth-order valence-electron chi connectivity index (χ4n) is 5.48. The summed E-state index contributed by atoms with van der Waals surface area (Å²) in [6.07, 6.45) is 1.17. The molecule has 1 amide bonds. The van der Waals surface area contributed by atoms with Gasteiger partial charge in [-0.25, -0.2) is 0 Å². The van der Waals surface area contributed by atoms with Crippen LogP contribution in [0.25, 0.3) is 6.08 Å². The van der Waals surface area contributed by atoms with Gasteiger partial charge in [0.1, 0.15) is 5.60 Å². The number of hydrogen-bond acceptors (Lipinski definition) is 4. The lowest BCUT2D eigenvalue weighted by molar-refractivity contribution is -0.189. The van der Waals surface area contributed by atoms with E-state index in [1.54, 1.807) is 0 Å². The first-order chi connectivity index (χ1) is 17.3. The third-order valence-corrected chi connectivity index (χ3v) is 7.40. The lowest BCUT2D eigenvalue weighted by Crippen LogP contribution is -2.51. The molecule has 37 heavy (non-hydrogen) atoms. The molecule has 2 fully saturated rings. The zero-order chi connectivity index (χ0) is 27.4. The molecular formula is C29H41F3N2O3. The van der Waals surface area contributed by atoms with Crippen LogP contribution in [-0.2, 0) is 14.3 Å². The van der Waals surface area contributed by atoms with Crippen LogP contribution in [0, 0.1) is 5.92 Å². The Morgan fingerprint density at radius 2 is 1.62 bits per heavy atom. The zero-order valence-electron chi connectivity index (χ0n) is 22.7. The first-order valence-corrected chi connectivity index (χ1v) is 13.4. The van der Waals surface area contributed by atoms with Crippen LogP contribution in [0.4, 0.5) is 13.2 Å². The molecule has 206 valence electrons. The van der Waals surface area contributed by atoms with Crippen molar-refractivity contribution >= 4 is 18.0 Å². The highest BCUT2D eigenvalue weighted by atomic mass is 19.4. The smallest absolute Gasteiger partial charge is 0.460 e. The van der Waals surface area contributed by atoms with E-state index in [0.717, 1.165) is 22.5 Å². The Morgan fingerprint density at radius 3 is 2.16 bits per heavy atom. The molecular weight excluding hydrogens is 481 g/mol. The van der Waals surface area contributed by atoms with Crippen LogP contribution in [-0.4, -0.2) is 65.2 Å². The van der Waals surface area contributed by atoms with Crippen molar-refractivity contribution in [3.05, 3.63) is 41.5 Å². The molecule has 0 radical (unpaired) electrons. The van der Waals surface area contributed by atoms with E-state index in [-0.39, 0.29) is 24.3 Å². The molecule has 2 atom stereocenters. The van der Waals surface area contributed by atoms with Crippen molar-refractivity contribution in [2.24, 2.45) is 5.92 Å². The number of hydrogen-bond donors (Lipinski definition) is 0. The van der Waals surface area contributed by atoms with Gasteiger partial charge in [-0.2, -0.15) is 13.2 Å². The number of carbonyl (C=O) groups excluding carboxylic acids is 2. The van der Waals surface area contributed by atoms with E-state index in [1.807, 2.05) is 65.1 Å². The molecule has 2 saturated carbocycles. The van der Waals surface area contributed by atoms with Crippen molar-refractivity contribution in [1.29, 1.82) is 0 Å². The van der Waals surface area contributed by atoms with Gasteiger partial charge in [0.25, 0.3) is 0 Å². The summed E-state index contributed by atoms with van der Waals surface area (Å²) < 4.78 is 46.3. The number of rotatable bonds is 9. The predicted molar refractivity (Wildman–Crippen MR) is 139 cm³/mol. The molecule has 2 aliphatic rings. The number of nitrogens with zero attached hydrogens (tertiary/aromatic N) is 2. The van der Waals surface area contributed by atoms with Crippen LogP contribution in [0.2, 0.25) is 0 Å². The van der Waals surface area contributed by atoms with Gasteiger partial charge in [-0.1, -0.05) is 48.9 Å². The Morgan fingerprint density at radius 1 is 1.03 bits per heavy atom. The monoisotopic (exact) mass is 522 g/mol. The van der Waals surface area contributed by atoms with Crippen molar-refractivity contribution in [3.8, 4) is 0 Å². The molecule has 0 unspecified atom stereocenters. The normalized spacial score (nSPS) is 24.6. The van der Waals surface area contributed by atoms with Gasteiger partial charge in [0, 0.05) is 30.6 Å². The van der Waals surface area contributed by atoms with Gasteiger partial charge in [-0.05, 0) is 71.9 Å². The predicted octanol–water partition coefficient (Wildman–Crippen LogP) is 6.23. The minimum atomic E-state index is -4.89. The molecule has 3 rings (SSSR count). The van der Waals surface area contributed by atoms with Gasteiger partial charge in [0.05, 0.1) is 6.42 Å². The molecule has 1 aromatic rings. The molecule has 0 aromatic heterocycles. The number of amides is 1. The Balaban J connectivity index is 1.63. The number of alkyl halides is 3. The summed E-state index contributed by atoms with van der Waals surface area (Å²) in [5.41, 5.74) is 1.58. The van der Waals surface area contributed by atoms with Gasteiger partial charge >= 0.3 is 18.1 Å². The number of halogens is 3. The van der Waals surface area contributed by atoms with Crippen LogP contribution in [0.1, 0.15) is 78.2 Å². The summed E-state index contributed by atoms with van der Waals surface area (Å²) in [5.74, 6) is -2.01. The number of benzene rings is 1. The SMILES string of the molecule is CC/C(=C\c1ccccc1)[C@@H]1C[C@H]1N(C(=O)C(F)(F)F)C1CCC(N(C)CCC(=O)OC(C)(C)C)CC1. The average Bonchev–Trinajstić information content (AvgIpc) is 3.60. The molecule has 0 bridgehead atoms. The van der Waals surface area contributed by atoms with E-state index in [1.165, 1.54) is 0 Å². The Labute approximate surface area is 219 Å². The Bertz CT molecular complexity index is 947. The van der Waals surface area contributed by atoms with Crippen LogP contribution in [0.3, 0.4) is 0 Å². The summed E-state index contributed by atoms with van der Waals surface area (Å²) in [6.45, 7) is 8.03. The summed E-state index contributed by atoms with van der Waals surface area (Å²) in [4.78, 5) is 27.9. The van der Waals surface area contributed by atoms with E-state index in [2.05, 4.69) is 11.0 Å². The first-order valence-electron chi connectivity index (χ1n) is 13.4. The number of esters is 1. The lowest BCUT2D eigenvalue weighted by Gasteiger charge is -2.40. The van der Waals surface area contributed by atoms with Crippen LogP contribution < -0.4 is 0 Å². The third kappa shape index (κ3) is 8.32. The van der Waals surface area contributed by atoms with E-state index < -0.39 is 29.8 Å². The standard InChI is InChI=1S/C29H41F3N2O3/c1-6-21(18-20-10-8-7-9-11-20)24-19-25(24)34(27(36)29(30,31)32)23-14-12-22(13-15-23)33(5)17-16-26(35)37-28(2,3)4/h7-11,18,22-25H,6,12-17,19H2,1-5H3/b21-18+/t22?,23?,24-,25+/m0/s1. The number of ether oxygens (including phenoxy) is 1. The minimum Gasteiger partial charge on any atom is -0.460 e. The zero-order valence-corrected chi connectivity index (χ0v) is 22.7. The van der Waals surface area contributed by atoms with E-state index >= 15 is 0 Å². The summed E-state index contributed by atoms with van der Waals surface area (Å²) in [5, 5.41) is 0. The second-order valence-corrected chi connectivity index (χ2v) is 11.4. The molecule has 1 aromatic carbocycles. The van der Waals surface area contributed by atoms with Crippen molar-refractivity contribution in [2.75, 3.05) is 13.6 Å². The van der Waals surface area contributed by atoms with Crippen molar-refractivity contribution < 1.29 is 27.5 Å². The van der Waals surface area contributed by atoms with Gasteiger partial charge < -0.3 is 14.5 Å². The minimum absolute atomic E-state index is 0.0364. The largest absolute Gasteiger partial charge is 0.471 e. The fraction of sp³-hybridized carbons (Fsp3) is 0.655. The highest BCUT2D eigenvalue weighted by Gasteiger charge is 2.54. The Kier molecular flexibility index (Phi) is 9.48. The maximum atomic E-state index is 13.6. The highest BCUT2D eigenvalue weighted by molar-refractivity contribution is 5.83. The summed E-state index contributed by atoms with van der Waals surface area (Å²) in [6, 6.07) is 9.10. The molecule has 0 saturated heterocycles. The highest BCUT2D eigenvalue weighted by Crippen LogP contribution is 2.47. The topological polar surface area (TPSA) is 49.9 Å². The summed E-state index contributed by atoms with van der Waals surface area (Å²) >= 11 is 0. The molecule has 5 nitrogen and oxygen atoms in total. The van der Waals surface area contributed by atoms with E-state index in [4.69, 9.17) is 4.74 Å². The molecule has 0 spiro atoms. The Hall–Kier alpha value is -2.35. The van der Waals surface area contributed by atoms with E-state index in [0.29, 0.717) is 38.6 Å². The molecule has 2 aliphatic carbocycles. The van der Waals surface area contributed by atoms with Crippen molar-refractivity contribution in [1.82, 2.24) is 9.80 Å². The van der Waals surface area contributed by atoms with Gasteiger partial charge in [0.15, 0.2) is 0 Å². The maximum absolute atomic E-state index is 13.6. The quantitative estimate of drug-likeness (QED) is 0.361.